The van der Waals surface area contributed by atoms with Gasteiger partial charge in [0.1, 0.15) is 11.5 Å². The minimum absolute atomic E-state index is 0.119. The molecule has 1 aromatic heterocycles. The number of ether oxygens (including phenoxy) is 1. The van der Waals surface area contributed by atoms with E-state index in [0.717, 1.165) is 27.6 Å². The fraction of sp³-hybridized carbons (Fsp3) is 0.129. The maximum atomic E-state index is 13.7. The number of carbonyl (C=O) groups excluding carboxylic acids is 1. The van der Waals surface area contributed by atoms with E-state index in [4.69, 9.17) is 11.3 Å². The quantitative estimate of drug-likeness (QED) is 0.289. The number of nitrogens with one attached hydrogen (secondary N) is 2. The molecule has 4 aromatic carbocycles. The minimum atomic E-state index is -0.465. The van der Waals surface area contributed by atoms with Crippen LogP contribution >= 0.6 is 0 Å². The van der Waals surface area contributed by atoms with Crippen molar-refractivity contribution >= 4 is 28.1 Å². The Morgan fingerprint density at radius 2 is 1.92 bits per heavy atom. The van der Waals surface area contributed by atoms with Crippen LogP contribution in [0.2, 0.25) is 0 Å². The van der Waals surface area contributed by atoms with Crippen LogP contribution in [-0.2, 0) is 24.3 Å². The second-order valence-corrected chi connectivity index (χ2v) is 9.33. The maximum Gasteiger partial charge on any atom is 0.241 e. The molecule has 0 saturated heterocycles. The Morgan fingerprint density at radius 3 is 2.79 bits per heavy atom. The van der Waals surface area contributed by atoms with Crippen LogP contribution in [0.15, 0.2) is 97.5 Å². The molecule has 0 unspecified atom stereocenters. The van der Waals surface area contributed by atoms with Crippen LogP contribution in [0.1, 0.15) is 16.8 Å². The molecule has 186 valence electrons. The molecular weight excluding hydrogens is 474 g/mol. The number of carbonyl (C=O) groups is 1. The van der Waals surface area contributed by atoms with Gasteiger partial charge in [-0.25, -0.2) is 9.83 Å². The van der Waals surface area contributed by atoms with Crippen molar-refractivity contribution in [2.45, 2.75) is 25.6 Å². The van der Waals surface area contributed by atoms with Crippen LogP contribution in [0, 0.1) is 6.57 Å². The molecule has 1 aliphatic rings. The third kappa shape index (κ3) is 4.85. The molecule has 4 bridgehead atoms. The number of anilines is 1. The van der Waals surface area contributed by atoms with Crippen molar-refractivity contribution in [3.63, 3.8) is 0 Å². The normalized spacial score (nSPS) is 15.3. The number of rotatable bonds is 2. The van der Waals surface area contributed by atoms with Crippen LogP contribution in [0.5, 0.6) is 11.5 Å². The molecule has 6 rings (SSSR count). The fourth-order valence-corrected chi connectivity index (χ4v) is 4.77. The monoisotopic (exact) mass is 499 g/mol. The Kier molecular flexibility index (Phi) is 6.30. The second-order valence-electron chi connectivity index (χ2n) is 9.33. The zero-order valence-electron chi connectivity index (χ0n) is 20.6. The number of imidazole rings is 1. The fourth-order valence-electron chi connectivity index (χ4n) is 4.77. The van der Waals surface area contributed by atoms with Gasteiger partial charge in [0, 0.05) is 30.4 Å². The van der Waals surface area contributed by atoms with E-state index in [1.165, 1.54) is 0 Å². The first-order valence-corrected chi connectivity index (χ1v) is 12.4. The van der Waals surface area contributed by atoms with Gasteiger partial charge in [-0.3, -0.25) is 10.1 Å². The molecule has 38 heavy (non-hydrogen) atoms. The summed E-state index contributed by atoms with van der Waals surface area (Å²) in [6.45, 7) is 8.63. The first-order chi connectivity index (χ1) is 18.7. The molecule has 0 aliphatic carbocycles. The number of hydrogen-bond acceptors (Lipinski definition) is 4. The Labute approximate surface area is 220 Å². The minimum Gasteiger partial charge on any atom is -0.468 e. The highest BCUT2D eigenvalue weighted by Crippen LogP contribution is 2.36. The number of amides is 1. The zero-order chi connectivity index (χ0) is 25.9. The average molecular weight is 500 g/mol. The third-order valence-electron chi connectivity index (χ3n) is 6.76. The van der Waals surface area contributed by atoms with Gasteiger partial charge in [0.15, 0.2) is 0 Å². The van der Waals surface area contributed by atoms with Crippen molar-refractivity contribution in [1.29, 1.82) is 0 Å². The Balaban J connectivity index is 1.44. The molecule has 1 aliphatic heterocycles. The highest BCUT2D eigenvalue weighted by Gasteiger charge is 2.21. The highest BCUT2D eigenvalue weighted by molar-refractivity contribution is 6.04. The lowest BCUT2D eigenvalue weighted by molar-refractivity contribution is -0.118. The lowest BCUT2D eigenvalue weighted by atomic mass is 10.0. The molecule has 1 atom stereocenters. The largest absolute Gasteiger partial charge is 0.468 e. The van der Waals surface area contributed by atoms with E-state index in [1.807, 2.05) is 89.6 Å². The molecule has 0 fully saturated rings. The van der Waals surface area contributed by atoms with E-state index >= 15 is 0 Å². The molecule has 2 heterocycles. The van der Waals surface area contributed by atoms with Gasteiger partial charge < -0.3 is 14.6 Å². The number of fused-ring (bicyclic) bond motifs is 4. The standard InChI is InChI=1S/C31H25N5O2/c1-32-28-13-10-22-15-30(28)38-25-12-11-23-8-5-9-27(26(23)16-25)35-31(37)29(14-21-6-3-2-4-7-21)34-18-24-17-33-20-36(24)19-22/h2-13,15-17,20,29,34H,14,18-19H2,(H,35,37)/t29-/m0/s1. The molecule has 0 saturated carbocycles. The second kappa shape index (κ2) is 10.2. The summed E-state index contributed by atoms with van der Waals surface area (Å²) in [5.41, 5.74) is 4.15. The van der Waals surface area contributed by atoms with Crippen LogP contribution in [-0.4, -0.2) is 21.5 Å². The number of aromatic nitrogens is 2. The van der Waals surface area contributed by atoms with E-state index < -0.39 is 6.04 Å². The molecule has 0 spiro atoms. The summed E-state index contributed by atoms with van der Waals surface area (Å²) in [5.74, 6) is 0.968. The van der Waals surface area contributed by atoms with Gasteiger partial charge in [-0.05, 0) is 47.2 Å². The first-order valence-electron chi connectivity index (χ1n) is 12.4. The lowest BCUT2D eigenvalue weighted by Crippen LogP contribution is -2.42. The molecule has 5 aromatic rings. The van der Waals surface area contributed by atoms with Gasteiger partial charge in [-0.2, -0.15) is 0 Å². The van der Waals surface area contributed by atoms with E-state index in [9.17, 15) is 4.79 Å². The summed E-state index contributed by atoms with van der Waals surface area (Å²) in [6, 6.07) is 26.7. The molecule has 2 N–H and O–H groups in total. The van der Waals surface area contributed by atoms with Crippen molar-refractivity contribution < 1.29 is 9.53 Å². The Bertz CT molecular complexity index is 1670. The van der Waals surface area contributed by atoms with Crippen molar-refractivity contribution in [2.24, 2.45) is 0 Å². The number of hydrogen-bond donors (Lipinski definition) is 2. The molecule has 1 amide bonds. The van der Waals surface area contributed by atoms with Gasteiger partial charge in [-0.15, -0.1) is 0 Å². The predicted octanol–water partition coefficient (Wildman–Crippen LogP) is 6.08. The summed E-state index contributed by atoms with van der Waals surface area (Å²) in [5, 5.41) is 8.46. The lowest BCUT2D eigenvalue weighted by Gasteiger charge is -2.21. The molecule has 0 radical (unpaired) electrons. The van der Waals surface area contributed by atoms with E-state index in [-0.39, 0.29) is 5.91 Å². The molecular formula is C31H25N5O2. The topological polar surface area (TPSA) is 72.5 Å². The first kappa shape index (κ1) is 23.5. The SMILES string of the molecule is [C-]#[N+]c1ccc2cc1Oc1ccc3cccc(c3c1)NC(=O)[C@H](Cc1ccccc1)NCc1cncn1C2. The van der Waals surface area contributed by atoms with Crippen molar-refractivity contribution in [3.8, 4) is 11.5 Å². The van der Waals surface area contributed by atoms with E-state index in [0.29, 0.717) is 42.4 Å². The Morgan fingerprint density at radius 1 is 1.03 bits per heavy atom. The van der Waals surface area contributed by atoms with Crippen molar-refractivity contribution in [3.05, 3.63) is 126 Å². The summed E-state index contributed by atoms with van der Waals surface area (Å²) in [7, 11) is 0. The van der Waals surface area contributed by atoms with Crippen LogP contribution < -0.4 is 15.4 Å². The van der Waals surface area contributed by atoms with Crippen LogP contribution in [0.3, 0.4) is 0 Å². The average Bonchev–Trinajstić information content (AvgIpc) is 3.38. The maximum absolute atomic E-state index is 13.7. The van der Waals surface area contributed by atoms with E-state index in [2.05, 4.69) is 20.5 Å². The Hall–Kier alpha value is -4.93. The summed E-state index contributed by atoms with van der Waals surface area (Å²) in [6.07, 6.45) is 4.13. The molecule has 7 heteroatoms. The van der Waals surface area contributed by atoms with Gasteiger partial charge in [0.25, 0.3) is 0 Å². The van der Waals surface area contributed by atoms with Crippen molar-refractivity contribution in [1.82, 2.24) is 14.9 Å². The molecule has 7 nitrogen and oxygen atoms in total. The third-order valence-corrected chi connectivity index (χ3v) is 6.76. The smallest absolute Gasteiger partial charge is 0.241 e. The number of benzene rings is 4. The summed E-state index contributed by atoms with van der Waals surface area (Å²) in [4.78, 5) is 21.7. The van der Waals surface area contributed by atoms with Crippen LogP contribution in [0.25, 0.3) is 15.6 Å². The zero-order valence-corrected chi connectivity index (χ0v) is 20.6. The summed E-state index contributed by atoms with van der Waals surface area (Å²) < 4.78 is 8.27. The van der Waals surface area contributed by atoms with Crippen molar-refractivity contribution in [2.75, 3.05) is 5.32 Å². The van der Waals surface area contributed by atoms with Crippen LogP contribution in [0.4, 0.5) is 11.4 Å². The van der Waals surface area contributed by atoms with Gasteiger partial charge in [0.05, 0.1) is 24.6 Å². The van der Waals surface area contributed by atoms with Gasteiger partial charge in [-0.1, -0.05) is 60.7 Å². The number of nitrogens with zero attached hydrogens (tertiary/aromatic N) is 3. The van der Waals surface area contributed by atoms with E-state index in [1.54, 1.807) is 12.4 Å². The predicted molar refractivity (Wildman–Crippen MR) is 147 cm³/mol. The highest BCUT2D eigenvalue weighted by atomic mass is 16.5. The van der Waals surface area contributed by atoms with Gasteiger partial charge >= 0.3 is 0 Å². The van der Waals surface area contributed by atoms with Gasteiger partial charge in [0.2, 0.25) is 11.6 Å². The summed E-state index contributed by atoms with van der Waals surface area (Å²) >= 11 is 0.